The monoisotopic (exact) mass is 217 g/mol. The van der Waals surface area contributed by atoms with Crippen molar-refractivity contribution in [3.05, 3.63) is 24.3 Å². The van der Waals surface area contributed by atoms with Crippen molar-refractivity contribution in [1.29, 1.82) is 0 Å². The predicted molar refractivity (Wildman–Crippen MR) is 61.6 cm³/mol. The minimum Gasteiger partial charge on any atom is -0.487 e. The molecule has 2 aliphatic rings. The van der Waals surface area contributed by atoms with Crippen LogP contribution in [-0.2, 0) is 4.79 Å². The Bertz CT molecular complexity index is 426. The Balaban J connectivity index is 1.96. The van der Waals surface area contributed by atoms with Gasteiger partial charge in [0.05, 0.1) is 12.2 Å². The Hall–Kier alpha value is -1.51. The summed E-state index contributed by atoms with van der Waals surface area (Å²) in [5.41, 5.74) is 0.928. The zero-order valence-electron chi connectivity index (χ0n) is 9.35. The molecule has 1 aliphatic carbocycles. The van der Waals surface area contributed by atoms with Gasteiger partial charge < -0.3 is 9.64 Å². The van der Waals surface area contributed by atoms with Gasteiger partial charge >= 0.3 is 0 Å². The lowest BCUT2D eigenvalue weighted by molar-refractivity contribution is -0.120. The zero-order valence-corrected chi connectivity index (χ0v) is 9.35. The van der Waals surface area contributed by atoms with Gasteiger partial charge in [-0.2, -0.15) is 0 Å². The fraction of sp³-hybridized carbons (Fsp3) is 0.462. The summed E-state index contributed by atoms with van der Waals surface area (Å²) in [5.74, 6) is 1.36. The van der Waals surface area contributed by atoms with Crippen LogP contribution in [0.25, 0.3) is 0 Å². The van der Waals surface area contributed by atoms with Crippen LogP contribution in [0.4, 0.5) is 5.69 Å². The van der Waals surface area contributed by atoms with Crippen molar-refractivity contribution >= 4 is 11.6 Å². The fourth-order valence-electron chi connectivity index (χ4n) is 2.15. The highest BCUT2D eigenvalue weighted by Crippen LogP contribution is 2.38. The largest absolute Gasteiger partial charge is 0.487 e. The van der Waals surface area contributed by atoms with E-state index in [1.54, 1.807) is 0 Å². The summed E-state index contributed by atoms with van der Waals surface area (Å²) in [5, 5.41) is 0. The minimum atomic E-state index is 0.0811. The van der Waals surface area contributed by atoms with E-state index >= 15 is 0 Å². The number of hydrogen-bond acceptors (Lipinski definition) is 2. The van der Waals surface area contributed by atoms with E-state index in [-0.39, 0.29) is 17.9 Å². The van der Waals surface area contributed by atoms with E-state index in [1.165, 1.54) is 0 Å². The molecule has 0 bridgehead atoms. The number of ether oxygens (including phenoxy) is 1. The van der Waals surface area contributed by atoms with Crippen LogP contribution >= 0.6 is 0 Å². The van der Waals surface area contributed by atoms with E-state index in [4.69, 9.17) is 4.74 Å². The van der Waals surface area contributed by atoms with Gasteiger partial charge in [-0.05, 0) is 31.9 Å². The van der Waals surface area contributed by atoms with Crippen molar-refractivity contribution in [2.45, 2.75) is 25.9 Å². The molecule has 1 aromatic rings. The number of anilines is 1. The van der Waals surface area contributed by atoms with Crippen molar-refractivity contribution in [3.8, 4) is 5.75 Å². The molecule has 0 unspecified atom stereocenters. The van der Waals surface area contributed by atoms with E-state index in [9.17, 15) is 4.79 Å². The molecule has 0 spiro atoms. The Labute approximate surface area is 95.0 Å². The maximum Gasteiger partial charge on any atom is 0.230 e. The third-order valence-electron chi connectivity index (χ3n) is 3.12. The zero-order chi connectivity index (χ0) is 11.1. The molecule has 3 heteroatoms. The molecule has 84 valence electrons. The molecule has 1 atom stereocenters. The maximum absolute atomic E-state index is 12.1. The summed E-state index contributed by atoms with van der Waals surface area (Å²) < 4.78 is 5.72. The Morgan fingerprint density at radius 1 is 1.38 bits per heavy atom. The Morgan fingerprint density at radius 3 is 2.88 bits per heavy atom. The van der Waals surface area contributed by atoms with Crippen LogP contribution in [0.1, 0.15) is 19.8 Å². The molecule has 16 heavy (non-hydrogen) atoms. The number of hydrogen-bond donors (Lipinski definition) is 0. The average Bonchev–Trinajstić information content (AvgIpc) is 3.10. The molecule has 1 amide bonds. The molecular weight excluding hydrogens is 202 g/mol. The molecule has 1 aromatic carbocycles. The number of benzene rings is 1. The quantitative estimate of drug-likeness (QED) is 0.721. The summed E-state index contributed by atoms with van der Waals surface area (Å²) >= 11 is 0. The molecule has 1 saturated carbocycles. The van der Waals surface area contributed by atoms with Gasteiger partial charge in [-0.3, -0.25) is 4.79 Å². The van der Waals surface area contributed by atoms with Crippen LogP contribution in [0.2, 0.25) is 0 Å². The topological polar surface area (TPSA) is 29.5 Å². The molecular formula is C13H15NO2. The second kappa shape index (κ2) is 3.51. The van der Waals surface area contributed by atoms with Gasteiger partial charge in [0.25, 0.3) is 0 Å². The highest BCUT2D eigenvalue weighted by Gasteiger charge is 2.37. The van der Waals surface area contributed by atoms with Crippen LogP contribution in [0.3, 0.4) is 0 Å². The Kier molecular flexibility index (Phi) is 2.13. The summed E-state index contributed by atoms with van der Waals surface area (Å²) in [7, 11) is 0. The molecule has 0 aromatic heterocycles. The van der Waals surface area contributed by atoms with E-state index in [1.807, 2.05) is 36.1 Å². The number of para-hydroxylation sites is 2. The second-order valence-electron chi connectivity index (χ2n) is 4.62. The van der Waals surface area contributed by atoms with Crippen LogP contribution < -0.4 is 9.64 Å². The molecule has 1 fully saturated rings. The molecule has 0 radical (unpaired) electrons. The van der Waals surface area contributed by atoms with Crippen molar-refractivity contribution in [1.82, 2.24) is 0 Å². The van der Waals surface area contributed by atoms with Crippen LogP contribution in [0.5, 0.6) is 5.75 Å². The molecule has 1 aliphatic heterocycles. The van der Waals surface area contributed by atoms with E-state index in [0.717, 1.165) is 24.3 Å². The first-order valence-corrected chi connectivity index (χ1v) is 5.83. The number of fused-ring (bicyclic) bond motifs is 1. The number of amides is 1. The molecule has 1 heterocycles. The molecule has 3 rings (SSSR count). The fourth-order valence-corrected chi connectivity index (χ4v) is 2.15. The van der Waals surface area contributed by atoms with Gasteiger partial charge in [0.2, 0.25) is 5.91 Å². The number of rotatable bonds is 1. The van der Waals surface area contributed by atoms with Crippen molar-refractivity contribution in [3.63, 3.8) is 0 Å². The second-order valence-corrected chi connectivity index (χ2v) is 4.62. The number of carbonyl (C=O) groups excluding carboxylic acids is 1. The van der Waals surface area contributed by atoms with Gasteiger partial charge in [-0.15, -0.1) is 0 Å². The lowest BCUT2D eigenvalue weighted by Crippen LogP contribution is -2.43. The van der Waals surface area contributed by atoms with E-state index in [0.29, 0.717) is 6.54 Å². The summed E-state index contributed by atoms with van der Waals surface area (Å²) in [6, 6.07) is 7.78. The van der Waals surface area contributed by atoms with Gasteiger partial charge in [-0.25, -0.2) is 0 Å². The van der Waals surface area contributed by atoms with Gasteiger partial charge in [0.1, 0.15) is 11.9 Å². The summed E-state index contributed by atoms with van der Waals surface area (Å²) in [6.45, 7) is 2.68. The van der Waals surface area contributed by atoms with Crippen LogP contribution in [0, 0.1) is 5.92 Å². The van der Waals surface area contributed by atoms with E-state index < -0.39 is 0 Å². The van der Waals surface area contributed by atoms with E-state index in [2.05, 4.69) is 0 Å². The van der Waals surface area contributed by atoms with Crippen LogP contribution in [0.15, 0.2) is 24.3 Å². The highest BCUT2D eigenvalue weighted by atomic mass is 16.5. The number of carbonyl (C=O) groups is 1. The third kappa shape index (κ3) is 1.56. The van der Waals surface area contributed by atoms with Gasteiger partial charge in [0, 0.05) is 5.92 Å². The van der Waals surface area contributed by atoms with Gasteiger partial charge in [-0.1, -0.05) is 12.1 Å². The standard InChI is InChI=1S/C13H15NO2/c1-9-8-14(13(15)10-6-7-10)11-4-2-3-5-12(11)16-9/h2-5,9-10H,6-8H2,1H3/t9-/m1/s1. The smallest absolute Gasteiger partial charge is 0.230 e. The van der Waals surface area contributed by atoms with Crippen molar-refractivity contribution < 1.29 is 9.53 Å². The first kappa shape index (κ1) is 9.70. The Morgan fingerprint density at radius 2 is 2.12 bits per heavy atom. The SMILES string of the molecule is C[C@@H]1CN(C(=O)C2CC2)c2ccccc2O1. The lowest BCUT2D eigenvalue weighted by atomic mass is 10.2. The molecule has 0 saturated heterocycles. The summed E-state index contributed by atoms with van der Waals surface area (Å²) in [4.78, 5) is 14.0. The van der Waals surface area contributed by atoms with Crippen molar-refractivity contribution in [2.75, 3.05) is 11.4 Å². The van der Waals surface area contributed by atoms with Crippen molar-refractivity contribution in [2.24, 2.45) is 5.92 Å². The lowest BCUT2D eigenvalue weighted by Gasteiger charge is -2.33. The minimum absolute atomic E-state index is 0.0811. The highest BCUT2D eigenvalue weighted by molar-refractivity contribution is 5.98. The first-order valence-electron chi connectivity index (χ1n) is 5.83. The first-order chi connectivity index (χ1) is 7.75. The molecule has 0 N–H and O–H groups in total. The number of nitrogens with zero attached hydrogens (tertiary/aromatic N) is 1. The third-order valence-corrected chi connectivity index (χ3v) is 3.12. The van der Waals surface area contributed by atoms with Crippen LogP contribution in [-0.4, -0.2) is 18.6 Å². The average molecular weight is 217 g/mol. The normalized spacial score (nSPS) is 23.6. The molecule has 3 nitrogen and oxygen atoms in total. The predicted octanol–water partition coefficient (Wildman–Crippen LogP) is 2.21. The summed E-state index contributed by atoms with van der Waals surface area (Å²) in [6.07, 6.45) is 2.18. The van der Waals surface area contributed by atoms with Gasteiger partial charge in [0.15, 0.2) is 0 Å². The maximum atomic E-state index is 12.1.